The molecule has 1 rings (SSSR count). The number of ether oxygens (including phenoxy) is 1. The summed E-state index contributed by atoms with van der Waals surface area (Å²) in [6.45, 7) is 4.90. The lowest BCUT2D eigenvalue weighted by Gasteiger charge is -2.16. The topological polar surface area (TPSA) is 104 Å². The molecule has 0 aromatic heterocycles. The highest BCUT2D eigenvalue weighted by Gasteiger charge is 2.16. The van der Waals surface area contributed by atoms with E-state index in [4.69, 9.17) is 21.9 Å². The molecule has 0 amide bonds. The van der Waals surface area contributed by atoms with Crippen LogP contribution in [0.5, 0.6) is 5.75 Å². The van der Waals surface area contributed by atoms with E-state index in [9.17, 15) is 4.79 Å². The number of hydrogen-bond acceptors (Lipinski definition) is 5. The molecule has 0 aliphatic rings. The molecule has 0 aliphatic heterocycles. The standard InChI is InChI=1S/C10H15N3O2/c1-4-5(2)8(12)10(15-6(3)14)9(13)7(4)11/h11-13H2,1-3H3. The summed E-state index contributed by atoms with van der Waals surface area (Å²) in [7, 11) is 0. The summed E-state index contributed by atoms with van der Waals surface area (Å²) in [5, 5.41) is 0. The maximum Gasteiger partial charge on any atom is 0.308 e. The SMILES string of the molecule is CC(=O)Oc1c(N)c(C)c(C)c(N)c1N. The van der Waals surface area contributed by atoms with Crippen molar-refractivity contribution in [2.45, 2.75) is 20.8 Å². The second-order valence-corrected chi connectivity index (χ2v) is 3.41. The summed E-state index contributed by atoms with van der Waals surface area (Å²) in [5.74, 6) is -0.320. The summed E-state index contributed by atoms with van der Waals surface area (Å²) >= 11 is 0. The van der Waals surface area contributed by atoms with Gasteiger partial charge in [-0.3, -0.25) is 4.79 Å². The van der Waals surface area contributed by atoms with Crippen LogP contribution in [0, 0.1) is 13.8 Å². The quantitative estimate of drug-likeness (QED) is 0.363. The van der Waals surface area contributed by atoms with Gasteiger partial charge in [-0.2, -0.15) is 0 Å². The van der Waals surface area contributed by atoms with Gasteiger partial charge in [0.25, 0.3) is 0 Å². The van der Waals surface area contributed by atoms with Crippen LogP contribution in [0.3, 0.4) is 0 Å². The summed E-state index contributed by atoms with van der Waals surface area (Å²) < 4.78 is 4.92. The number of rotatable bonds is 1. The van der Waals surface area contributed by atoms with Gasteiger partial charge in [-0.25, -0.2) is 0 Å². The van der Waals surface area contributed by atoms with E-state index in [0.29, 0.717) is 11.4 Å². The minimum atomic E-state index is -0.476. The average Bonchev–Trinajstić information content (AvgIpc) is 2.18. The summed E-state index contributed by atoms with van der Waals surface area (Å²) in [6, 6.07) is 0. The van der Waals surface area contributed by atoms with Crippen molar-refractivity contribution in [3.63, 3.8) is 0 Å². The van der Waals surface area contributed by atoms with Crippen molar-refractivity contribution in [1.82, 2.24) is 0 Å². The summed E-state index contributed by atoms with van der Waals surface area (Å²) in [4.78, 5) is 10.9. The Labute approximate surface area is 88.2 Å². The minimum absolute atomic E-state index is 0.156. The molecule has 0 radical (unpaired) electrons. The Bertz CT molecular complexity index is 398. The molecule has 15 heavy (non-hydrogen) atoms. The monoisotopic (exact) mass is 209 g/mol. The van der Waals surface area contributed by atoms with E-state index in [1.165, 1.54) is 6.92 Å². The molecule has 0 aliphatic carbocycles. The zero-order chi connectivity index (χ0) is 11.7. The Balaban J connectivity index is 3.45. The van der Waals surface area contributed by atoms with Crippen molar-refractivity contribution >= 4 is 23.0 Å². The van der Waals surface area contributed by atoms with Gasteiger partial charge in [-0.15, -0.1) is 0 Å². The van der Waals surface area contributed by atoms with Crippen LogP contribution >= 0.6 is 0 Å². The third kappa shape index (κ3) is 1.81. The highest BCUT2D eigenvalue weighted by atomic mass is 16.5. The van der Waals surface area contributed by atoms with Gasteiger partial charge in [0.2, 0.25) is 0 Å². The van der Waals surface area contributed by atoms with Gasteiger partial charge in [0.15, 0.2) is 5.75 Å². The van der Waals surface area contributed by atoms with Gasteiger partial charge in [0, 0.05) is 6.92 Å². The molecule has 1 aromatic rings. The molecule has 5 nitrogen and oxygen atoms in total. The van der Waals surface area contributed by atoms with E-state index in [1.807, 2.05) is 6.92 Å². The zero-order valence-electron chi connectivity index (χ0n) is 9.05. The van der Waals surface area contributed by atoms with Crippen molar-refractivity contribution in [2.24, 2.45) is 0 Å². The Morgan fingerprint density at radius 2 is 1.47 bits per heavy atom. The van der Waals surface area contributed by atoms with Crippen LogP contribution in [0.25, 0.3) is 0 Å². The van der Waals surface area contributed by atoms with Gasteiger partial charge in [0.05, 0.1) is 11.4 Å². The van der Waals surface area contributed by atoms with Gasteiger partial charge in [-0.1, -0.05) is 0 Å². The molecule has 0 fully saturated rings. The van der Waals surface area contributed by atoms with Crippen molar-refractivity contribution < 1.29 is 9.53 Å². The molecule has 0 atom stereocenters. The van der Waals surface area contributed by atoms with E-state index >= 15 is 0 Å². The van der Waals surface area contributed by atoms with Gasteiger partial charge in [-0.05, 0) is 25.0 Å². The first kappa shape index (κ1) is 11.2. The maximum absolute atomic E-state index is 10.9. The average molecular weight is 209 g/mol. The second-order valence-electron chi connectivity index (χ2n) is 3.41. The Hall–Kier alpha value is -1.91. The van der Waals surface area contributed by atoms with Crippen LogP contribution in [-0.4, -0.2) is 5.97 Å². The number of anilines is 3. The Morgan fingerprint density at radius 1 is 1.00 bits per heavy atom. The molecule has 6 N–H and O–H groups in total. The van der Waals surface area contributed by atoms with Crippen LogP contribution in [0.1, 0.15) is 18.1 Å². The number of carbonyl (C=O) groups excluding carboxylic acids is 1. The Kier molecular flexibility index (Phi) is 2.74. The van der Waals surface area contributed by atoms with E-state index in [2.05, 4.69) is 0 Å². The molecular weight excluding hydrogens is 194 g/mol. The molecule has 0 bridgehead atoms. The summed E-state index contributed by atoms with van der Waals surface area (Å²) in [6.07, 6.45) is 0. The summed E-state index contributed by atoms with van der Waals surface area (Å²) in [5.41, 5.74) is 19.8. The van der Waals surface area contributed by atoms with Gasteiger partial charge < -0.3 is 21.9 Å². The normalized spacial score (nSPS) is 10.1. The lowest BCUT2D eigenvalue weighted by Crippen LogP contribution is -2.11. The van der Waals surface area contributed by atoms with Crippen LogP contribution < -0.4 is 21.9 Å². The number of esters is 1. The predicted molar refractivity (Wildman–Crippen MR) is 60.5 cm³/mol. The fraction of sp³-hybridized carbons (Fsp3) is 0.300. The van der Waals surface area contributed by atoms with Crippen LogP contribution in [0.15, 0.2) is 0 Å². The van der Waals surface area contributed by atoms with E-state index in [1.54, 1.807) is 6.92 Å². The molecule has 0 saturated heterocycles. The van der Waals surface area contributed by atoms with E-state index in [0.717, 1.165) is 11.1 Å². The smallest absolute Gasteiger partial charge is 0.308 e. The molecule has 0 saturated carbocycles. The zero-order valence-corrected chi connectivity index (χ0v) is 9.05. The van der Waals surface area contributed by atoms with Crippen LogP contribution in [-0.2, 0) is 4.79 Å². The first-order valence-electron chi connectivity index (χ1n) is 4.48. The number of hydrogen-bond donors (Lipinski definition) is 3. The fourth-order valence-corrected chi connectivity index (χ4v) is 1.30. The molecule has 0 unspecified atom stereocenters. The molecule has 0 spiro atoms. The number of nitrogen functional groups attached to an aromatic ring is 3. The third-order valence-electron chi connectivity index (χ3n) is 2.40. The van der Waals surface area contributed by atoms with Crippen LogP contribution in [0.2, 0.25) is 0 Å². The maximum atomic E-state index is 10.9. The minimum Gasteiger partial charge on any atom is -0.422 e. The fourth-order valence-electron chi connectivity index (χ4n) is 1.30. The molecule has 0 heterocycles. The number of nitrogens with two attached hydrogens (primary N) is 3. The Morgan fingerprint density at radius 3 is 1.93 bits per heavy atom. The largest absolute Gasteiger partial charge is 0.422 e. The number of carbonyl (C=O) groups is 1. The van der Waals surface area contributed by atoms with Gasteiger partial charge in [0.1, 0.15) is 5.69 Å². The third-order valence-corrected chi connectivity index (χ3v) is 2.40. The molecule has 5 heteroatoms. The first-order chi connectivity index (χ1) is 6.86. The molecule has 82 valence electrons. The van der Waals surface area contributed by atoms with Crippen molar-refractivity contribution in [3.05, 3.63) is 11.1 Å². The predicted octanol–water partition coefficient (Wildman–Crippen LogP) is 0.975. The van der Waals surface area contributed by atoms with Gasteiger partial charge >= 0.3 is 5.97 Å². The van der Waals surface area contributed by atoms with Crippen molar-refractivity contribution in [1.29, 1.82) is 0 Å². The van der Waals surface area contributed by atoms with Crippen molar-refractivity contribution in [3.8, 4) is 5.75 Å². The lowest BCUT2D eigenvalue weighted by atomic mass is 10.0. The van der Waals surface area contributed by atoms with Crippen LogP contribution in [0.4, 0.5) is 17.1 Å². The van der Waals surface area contributed by atoms with E-state index in [-0.39, 0.29) is 11.4 Å². The highest BCUT2D eigenvalue weighted by Crippen LogP contribution is 2.39. The second kappa shape index (κ2) is 3.68. The lowest BCUT2D eigenvalue weighted by molar-refractivity contribution is -0.131. The molecular formula is C10H15N3O2. The number of benzene rings is 1. The molecule has 1 aromatic carbocycles. The highest BCUT2D eigenvalue weighted by molar-refractivity contribution is 5.87. The van der Waals surface area contributed by atoms with E-state index < -0.39 is 5.97 Å². The first-order valence-corrected chi connectivity index (χ1v) is 4.48. The van der Waals surface area contributed by atoms with Crippen molar-refractivity contribution in [2.75, 3.05) is 17.2 Å².